The number of hydrogen-bond acceptors (Lipinski definition) is 3. The van der Waals surface area contributed by atoms with Crippen LogP contribution in [0.25, 0.3) is 11.1 Å². The van der Waals surface area contributed by atoms with Crippen molar-refractivity contribution in [2.75, 3.05) is 11.6 Å². The summed E-state index contributed by atoms with van der Waals surface area (Å²) < 4.78 is 17.6. The lowest BCUT2D eigenvalue weighted by molar-refractivity contribution is 0.604. The van der Waals surface area contributed by atoms with Gasteiger partial charge >= 0.3 is 0 Å². The summed E-state index contributed by atoms with van der Waals surface area (Å²) in [5, 5.41) is 3.57. The van der Waals surface area contributed by atoms with Crippen LogP contribution in [0.5, 0.6) is 0 Å². The lowest BCUT2D eigenvalue weighted by atomic mass is 9.98. The van der Waals surface area contributed by atoms with Gasteiger partial charge in [0.05, 0.1) is 29.4 Å². The van der Waals surface area contributed by atoms with Gasteiger partial charge in [-0.25, -0.2) is 4.21 Å². The van der Waals surface area contributed by atoms with E-state index in [9.17, 15) is 4.21 Å². The Labute approximate surface area is 126 Å². The monoisotopic (exact) mass is 317 g/mol. The molecule has 2 aromatic rings. The first-order valence-corrected chi connectivity index (χ1v) is 10.3. The number of nitrogens with one attached hydrogen (secondary N) is 1. The third-order valence-electron chi connectivity index (χ3n) is 3.80. The molecule has 4 rings (SSSR count). The average Bonchev–Trinajstić information content (AvgIpc) is 3.12. The van der Waals surface area contributed by atoms with Crippen molar-refractivity contribution >= 4 is 29.5 Å². The SMILES string of the molecule is C=S(C)(=O)OP1C2Nc3ccccc3-c3ccccc3C21. The molecule has 2 aromatic carbocycles. The van der Waals surface area contributed by atoms with Gasteiger partial charge in [0.1, 0.15) is 0 Å². The molecule has 4 unspecified atom stereocenters. The lowest BCUT2D eigenvalue weighted by Crippen LogP contribution is -2.03. The molecule has 0 amide bonds. The highest BCUT2D eigenvalue weighted by molar-refractivity contribution is 7.99. The van der Waals surface area contributed by atoms with Crippen molar-refractivity contribution in [1.82, 2.24) is 0 Å². The second kappa shape index (κ2) is 4.57. The standard InChI is InChI=1S/C16H16NO2PS/c1-21(2,18)19-20-15-13-9-4-3-7-11(13)12-8-5-6-10-14(12)17-16(15)20/h3-10,15-17H,1H2,2H3. The molecule has 0 radical (unpaired) electrons. The number of anilines is 1. The summed E-state index contributed by atoms with van der Waals surface area (Å²) in [6.45, 7) is 0. The summed E-state index contributed by atoms with van der Waals surface area (Å²) in [5.41, 5.74) is 5.18. The fourth-order valence-electron chi connectivity index (χ4n) is 2.94. The van der Waals surface area contributed by atoms with E-state index >= 15 is 0 Å². The largest absolute Gasteiger partial charge is 0.375 e. The van der Waals surface area contributed by atoms with Gasteiger partial charge in [-0.15, -0.1) is 0 Å². The molecule has 108 valence electrons. The lowest BCUT2D eigenvalue weighted by Gasteiger charge is -2.13. The van der Waals surface area contributed by atoms with Crippen molar-refractivity contribution in [2.24, 2.45) is 0 Å². The Balaban J connectivity index is 1.82. The van der Waals surface area contributed by atoms with Gasteiger partial charge in [0.15, 0.2) is 0 Å². The van der Waals surface area contributed by atoms with Gasteiger partial charge in [0.2, 0.25) is 0 Å². The minimum absolute atomic E-state index is 0.229. The van der Waals surface area contributed by atoms with Crippen LogP contribution in [0.3, 0.4) is 0 Å². The van der Waals surface area contributed by atoms with E-state index in [0.29, 0.717) is 5.66 Å². The van der Waals surface area contributed by atoms with Crippen LogP contribution in [0.1, 0.15) is 11.2 Å². The van der Waals surface area contributed by atoms with E-state index in [0.717, 1.165) is 5.69 Å². The molecule has 4 atom stereocenters. The van der Waals surface area contributed by atoms with Crippen LogP contribution in [-0.4, -0.2) is 22.1 Å². The number of fused-ring (bicyclic) bond motifs is 5. The Morgan fingerprint density at radius 2 is 1.81 bits per heavy atom. The van der Waals surface area contributed by atoms with Crippen LogP contribution in [0.4, 0.5) is 5.69 Å². The van der Waals surface area contributed by atoms with Gasteiger partial charge in [0.25, 0.3) is 0 Å². The second-order valence-corrected chi connectivity index (χ2v) is 9.81. The van der Waals surface area contributed by atoms with E-state index in [4.69, 9.17) is 3.97 Å². The maximum absolute atomic E-state index is 11.9. The first-order valence-electron chi connectivity index (χ1n) is 6.79. The molecule has 1 N–H and O–H groups in total. The molecule has 21 heavy (non-hydrogen) atoms. The third kappa shape index (κ3) is 2.28. The molecular formula is C16H16NO2PS. The van der Waals surface area contributed by atoms with E-state index in [1.165, 1.54) is 16.7 Å². The van der Waals surface area contributed by atoms with Gasteiger partial charge in [-0.05, 0) is 23.1 Å². The molecule has 0 aliphatic carbocycles. The van der Waals surface area contributed by atoms with Gasteiger partial charge in [0, 0.05) is 17.5 Å². The van der Waals surface area contributed by atoms with Crippen LogP contribution >= 0.6 is 8.15 Å². The molecule has 1 fully saturated rings. The summed E-state index contributed by atoms with van der Waals surface area (Å²) in [4.78, 5) is 0. The molecule has 0 saturated carbocycles. The minimum Gasteiger partial charge on any atom is -0.375 e. The van der Waals surface area contributed by atoms with Crippen LogP contribution < -0.4 is 5.32 Å². The van der Waals surface area contributed by atoms with Crippen molar-refractivity contribution in [2.45, 2.75) is 11.4 Å². The summed E-state index contributed by atoms with van der Waals surface area (Å²) in [5.74, 6) is 3.86. The zero-order chi connectivity index (χ0) is 14.6. The molecule has 0 spiro atoms. The molecule has 3 nitrogen and oxygen atoms in total. The van der Waals surface area contributed by atoms with E-state index in [1.807, 2.05) is 6.07 Å². The topological polar surface area (TPSA) is 38.3 Å². The van der Waals surface area contributed by atoms with Crippen molar-refractivity contribution in [1.29, 1.82) is 0 Å². The van der Waals surface area contributed by atoms with Crippen LogP contribution in [0.2, 0.25) is 0 Å². The minimum atomic E-state index is -2.42. The quantitative estimate of drug-likeness (QED) is 0.676. The zero-order valence-corrected chi connectivity index (χ0v) is 13.4. The number of para-hydroxylation sites is 1. The van der Waals surface area contributed by atoms with Gasteiger partial charge < -0.3 is 5.32 Å². The van der Waals surface area contributed by atoms with Crippen LogP contribution in [0, 0.1) is 0 Å². The number of rotatable bonds is 2. The molecule has 0 bridgehead atoms. The Hall–Kier alpha value is -1.35. The van der Waals surface area contributed by atoms with E-state index < -0.39 is 18.0 Å². The molecule has 2 aliphatic heterocycles. The Kier molecular flexibility index (Phi) is 2.90. The van der Waals surface area contributed by atoms with Gasteiger partial charge in [-0.3, -0.25) is 3.97 Å². The molecule has 1 saturated heterocycles. The Bertz CT molecular complexity index is 819. The Morgan fingerprint density at radius 3 is 2.57 bits per heavy atom. The Morgan fingerprint density at radius 1 is 1.14 bits per heavy atom. The summed E-state index contributed by atoms with van der Waals surface area (Å²) in [6.07, 6.45) is 1.56. The van der Waals surface area contributed by atoms with Gasteiger partial charge in [-0.2, -0.15) is 0 Å². The maximum atomic E-state index is 11.9. The predicted molar refractivity (Wildman–Crippen MR) is 91.2 cm³/mol. The van der Waals surface area contributed by atoms with Crippen molar-refractivity contribution in [3.05, 3.63) is 54.1 Å². The third-order valence-corrected chi connectivity index (χ3v) is 7.51. The highest BCUT2D eigenvalue weighted by atomic mass is 32.2. The summed E-state index contributed by atoms with van der Waals surface area (Å²) in [7, 11) is -3.20. The average molecular weight is 317 g/mol. The van der Waals surface area contributed by atoms with Crippen molar-refractivity contribution in [3.8, 4) is 11.1 Å². The summed E-state index contributed by atoms with van der Waals surface area (Å²) in [6, 6.07) is 16.7. The summed E-state index contributed by atoms with van der Waals surface area (Å²) >= 11 is 0. The highest BCUT2D eigenvalue weighted by Crippen LogP contribution is 2.78. The molecule has 2 aliphatic rings. The van der Waals surface area contributed by atoms with E-state index in [1.54, 1.807) is 6.26 Å². The van der Waals surface area contributed by atoms with E-state index in [2.05, 4.69) is 53.7 Å². The fraction of sp³-hybridized carbons (Fsp3) is 0.188. The van der Waals surface area contributed by atoms with Crippen molar-refractivity contribution in [3.63, 3.8) is 0 Å². The second-order valence-electron chi connectivity index (χ2n) is 5.53. The molecule has 2 heterocycles. The van der Waals surface area contributed by atoms with Crippen LogP contribution in [-0.2, 0) is 13.8 Å². The smallest absolute Gasteiger partial charge is 0.0856 e. The van der Waals surface area contributed by atoms with Crippen LogP contribution in [0.15, 0.2) is 48.5 Å². The number of hydrogen-bond donors (Lipinski definition) is 1. The number of benzene rings is 2. The molecular weight excluding hydrogens is 301 g/mol. The molecule has 5 heteroatoms. The fourth-order valence-corrected chi connectivity index (χ4v) is 6.72. The first-order chi connectivity index (χ1) is 10.0. The normalized spacial score (nSPS) is 28.1. The van der Waals surface area contributed by atoms with Gasteiger partial charge in [-0.1, -0.05) is 42.5 Å². The van der Waals surface area contributed by atoms with Crippen molar-refractivity contribution < 1.29 is 8.18 Å². The molecule has 0 aromatic heterocycles. The van der Waals surface area contributed by atoms with E-state index in [-0.39, 0.29) is 5.78 Å². The maximum Gasteiger partial charge on any atom is 0.0856 e. The first kappa shape index (κ1) is 13.3. The highest BCUT2D eigenvalue weighted by Gasteiger charge is 2.56. The predicted octanol–water partition coefficient (Wildman–Crippen LogP) is 3.83. The zero-order valence-electron chi connectivity index (χ0n) is 11.7.